The van der Waals surface area contributed by atoms with Crippen LogP contribution in [0.5, 0.6) is 5.75 Å². The molecule has 6 heteroatoms. The highest BCUT2D eigenvalue weighted by atomic mass is 19.3. The number of alkyl halides is 2. The second-order valence-corrected chi connectivity index (χ2v) is 5.66. The first-order valence-corrected chi connectivity index (χ1v) is 8.06. The van der Waals surface area contributed by atoms with E-state index in [0.29, 0.717) is 11.3 Å². The van der Waals surface area contributed by atoms with Gasteiger partial charge in [0, 0.05) is 23.9 Å². The summed E-state index contributed by atoms with van der Waals surface area (Å²) in [5.41, 5.74) is 2.99. The Bertz CT molecular complexity index is 748. The molecule has 0 aliphatic carbocycles. The van der Waals surface area contributed by atoms with Crippen molar-refractivity contribution in [1.82, 2.24) is 5.32 Å². The Balaban J connectivity index is 2.21. The number of carbonyl (C=O) groups is 1. The molecule has 0 spiro atoms. The van der Waals surface area contributed by atoms with Crippen molar-refractivity contribution in [1.29, 1.82) is 0 Å². The van der Waals surface area contributed by atoms with E-state index in [0.717, 1.165) is 17.7 Å². The lowest BCUT2D eigenvalue weighted by Gasteiger charge is -2.15. The van der Waals surface area contributed by atoms with Gasteiger partial charge in [-0.05, 0) is 36.6 Å². The maximum absolute atomic E-state index is 12.9. The van der Waals surface area contributed by atoms with E-state index in [1.165, 1.54) is 24.7 Å². The third-order valence-electron chi connectivity index (χ3n) is 3.89. The lowest BCUT2D eigenvalue weighted by Crippen LogP contribution is -2.25. The molecule has 0 bridgehead atoms. The summed E-state index contributed by atoms with van der Waals surface area (Å²) in [7, 11) is 1.46. The zero-order chi connectivity index (χ0) is 18.4. The van der Waals surface area contributed by atoms with Crippen LogP contribution in [0, 0.1) is 6.92 Å². The summed E-state index contributed by atoms with van der Waals surface area (Å²) >= 11 is 0. The highest BCUT2D eigenvalue weighted by molar-refractivity contribution is 5.90. The Morgan fingerprint density at radius 3 is 2.56 bits per heavy atom. The molecule has 134 valence electrons. The zero-order valence-electron chi connectivity index (χ0n) is 14.5. The number of ether oxygens (including phenoxy) is 1. The first-order chi connectivity index (χ1) is 11.9. The molecule has 2 amide bonds. The summed E-state index contributed by atoms with van der Waals surface area (Å²) in [4.78, 5) is 11.6. The molecule has 0 saturated carbocycles. The average Bonchev–Trinajstić information content (AvgIpc) is 2.61. The molecule has 0 fully saturated rings. The SMILES string of the molecule is CCc1ccc(OCc2ccc(C(F)F)cc2NC(=O)NC)c(C)c1. The molecule has 4 nitrogen and oxygen atoms in total. The number of halogens is 2. The number of amides is 2. The van der Waals surface area contributed by atoms with E-state index < -0.39 is 12.5 Å². The van der Waals surface area contributed by atoms with Crippen molar-refractivity contribution >= 4 is 11.7 Å². The van der Waals surface area contributed by atoms with Crippen molar-refractivity contribution in [2.24, 2.45) is 0 Å². The number of benzene rings is 2. The number of aryl methyl sites for hydroxylation is 2. The van der Waals surface area contributed by atoms with Crippen molar-refractivity contribution in [2.45, 2.75) is 33.3 Å². The van der Waals surface area contributed by atoms with Crippen LogP contribution < -0.4 is 15.4 Å². The highest BCUT2D eigenvalue weighted by Crippen LogP contribution is 2.27. The van der Waals surface area contributed by atoms with Crippen LogP contribution in [0.3, 0.4) is 0 Å². The number of urea groups is 1. The van der Waals surface area contributed by atoms with Gasteiger partial charge in [0.1, 0.15) is 12.4 Å². The van der Waals surface area contributed by atoms with Crippen LogP contribution in [-0.4, -0.2) is 13.1 Å². The molecule has 2 aromatic carbocycles. The van der Waals surface area contributed by atoms with Gasteiger partial charge in [-0.25, -0.2) is 13.6 Å². The lowest BCUT2D eigenvalue weighted by molar-refractivity contribution is 0.151. The zero-order valence-corrected chi connectivity index (χ0v) is 14.5. The quantitative estimate of drug-likeness (QED) is 0.786. The predicted octanol–water partition coefficient (Wildman–Crippen LogP) is 4.83. The fraction of sp³-hybridized carbons (Fsp3) is 0.316. The van der Waals surface area contributed by atoms with E-state index in [9.17, 15) is 13.6 Å². The van der Waals surface area contributed by atoms with E-state index >= 15 is 0 Å². The molecule has 25 heavy (non-hydrogen) atoms. The minimum Gasteiger partial charge on any atom is -0.489 e. The number of rotatable bonds is 6. The Labute approximate surface area is 146 Å². The molecular formula is C19H22F2N2O2. The predicted molar refractivity (Wildman–Crippen MR) is 94.4 cm³/mol. The summed E-state index contributed by atoms with van der Waals surface area (Å²) < 4.78 is 31.6. The fourth-order valence-electron chi connectivity index (χ4n) is 2.41. The first kappa shape index (κ1) is 18.7. The van der Waals surface area contributed by atoms with Crippen molar-refractivity contribution in [2.75, 3.05) is 12.4 Å². The van der Waals surface area contributed by atoms with E-state index in [1.54, 1.807) is 6.07 Å². The molecule has 0 unspecified atom stereocenters. The molecule has 2 aromatic rings. The van der Waals surface area contributed by atoms with Crippen LogP contribution in [0.2, 0.25) is 0 Å². The van der Waals surface area contributed by atoms with Crippen LogP contribution >= 0.6 is 0 Å². The van der Waals surface area contributed by atoms with Gasteiger partial charge in [0.05, 0.1) is 0 Å². The summed E-state index contributed by atoms with van der Waals surface area (Å²) in [6.07, 6.45) is -1.67. The topological polar surface area (TPSA) is 50.4 Å². The smallest absolute Gasteiger partial charge is 0.318 e. The van der Waals surface area contributed by atoms with E-state index in [4.69, 9.17) is 4.74 Å². The number of anilines is 1. The standard InChI is InChI=1S/C19H22F2N2O2/c1-4-13-5-8-17(12(2)9-13)25-11-15-7-6-14(18(20)21)10-16(15)23-19(24)22-3/h5-10,18H,4,11H2,1-3H3,(H2,22,23,24). The minimum atomic E-state index is -2.61. The maximum atomic E-state index is 12.9. The third kappa shape index (κ3) is 4.92. The summed E-state index contributed by atoms with van der Waals surface area (Å²) in [6, 6.07) is 9.62. The fourth-order valence-corrected chi connectivity index (χ4v) is 2.41. The van der Waals surface area contributed by atoms with Gasteiger partial charge < -0.3 is 15.4 Å². The second kappa shape index (κ2) is 8.46. The van der Waals surface area contributed by atoms with E-state index in [2.05, 4.69) is 23.6 Å². The van der Waals surface area contributed by atoms with E-state index in [-0.39, 0.29) is 12.2 Å². The van der Waals surface area contributed by atoms with Gasteiger partial charge in [0.15, 0.2) is 0 Å². The van der Waals surface area contributed by atoms with Crippen LogP contribution in [0.4, 0.5) is 19.3 Å². The van der Waals surface area contributed by atoms with Crippen molar-refractivity contribution in [3.05, 3.63) is 58.7 Å². The number of hydrogen-bond acceptors (Lipinski definition) is 2. The molecular weight excluding hydrogens is 326 g/mol. The average molecular weight is 348 g/mol. The number of carbonyl (C=O) groups excluding carboxylic acids is 1. The highest BCUT2D eigenvalue weighted by Gasteiger charge is 2.13. The summed E-state index contributed by atoms with van der Waals surface area (Å²) in [5.74, 6) is 0.723. The first-order valence-electron chi connectivity index (χ1n) is 8.06. The van der Waals surface area contributed by atoms with Crippen molar-refractivity contribution < 1.29 is 18.3 Å². The minimum absolute atomic E-state index is 0.154. The molecule has 0 atom stereocenters. The monoisotopic (exact) mass is 348 g/mol. The van der Waals surface area contributed by atoms with Gasteiger partial charge in [0.2, 0.25) is 0 Å². The second-order valence-electron chi connectivity index (χ2n) is 5.66. The number of nitrogens with one attached hydrogen (secondary N) is 2. The van der Waals surface area contributed by atoms with Crippen molar-refractivity contribution in [3.63, 3.8) is 0 Å². The Morgan fingerprint density at radius 1 is 1.20 bits per heavy atom. The van der Waals surface area contributed by atoms with Gasteiger partial charge >= 0.3 is 6.03 Å². The Hall–Kier alpha value is -2.63. The molecule has 0 aromatic heterocycles. The van der Waals surface area contributed by atoms with Gasteiger partial charge in [-0.3, -0.25) is 0 Å². The molecule has 0 radical (unpaired) electrons. The molecule has 0 aliphatic rings. The van der Waals surface area contributed by atoms with Gasteiger partial charge in [-0.2, -0.15) is 0 Å². The summed E-state index contributed by atoms with van der Waals surface area (Å²) in [6.45, 7) is 4.20. The van der Waals surface area contributed by atoms with Crippen LogP contribution in [0.1, 0.15) is 35.6 Å². The maximum Gasteiger partial charge on any atom is 0.318 e. The largest absolute Gasteiger partial charge is 0.489 e. The van der Waals surface area contributed by atoms with Crippen LogP contribution in [0.25, 0.3) is 0 Å². The molecule has 0 aliphatic heterocycles. The van der Waals surface area contributed by atoms with Crippen molar-refractivity contribution in [3.8, 4) is 5.75 Å². The molecule has 2 N–H and O–H groups in total. The van der Waals surface area contributed by atoms with Gasteiger partial charge in [0.25, 0.3) is 6.43 Å². The molecule has 0 heterocycles. The Kier molecular flexibility index (Phi) is 6.33. The molecule has 2 rings (SSSR count). The Morgan fingerprint density at radius 2 is 1.96 bits per heavy atom. The van der Waals surface area contributed by atoms with E-state index in [1.807, 2.05) is 19.1 Å². The summed E-state index contributed by atoms with van der Waals surface area (Å²) in [5, 5.41) is 4.97. The van der Waals surface area contributed by atoms with Crippen LogP contribution in [-0.2, 0) is 13.0 Å². The van der Waals surface area contributed by atoms with Gasteiger partial charge in [-0.1, -0.05) is 31.2 Å². The lowest BCUT2D eigenvalue weighted by atomic mass is 10.1. The normalized spacial score (nSPS) is 10.6. The van der Waals surface area contributed by atoms with Gasteiger partial charge in [-0.15, -0.1) is 0 Å². The van der Waals surface area contributed by atoms with Crippen LogP contribution in [0.15, 0.2) is 36.4 Å². The number of hydrogen-bond donors (Lipinski definition) is 2. The third-order valence-corrected chi connectivity index (χ3v) is 3.89. The molecule has 0 saturated heterocycles.